The Morgan fingerprint density at radius 1 is 1.50 bits per heavy atom. The summed E-state index contributed by atoms with van der Waals surface area (Å²) in [4.78, 5) is 33.6. The fraction of sp³-hybridized carbons (Fsp3) is 0.438. The van der Waals surface area contributed by atoms with Gasteiger partial charge in [0.2, 0.25) is 11.3 Å². The van der Waals surface area contributed by atoms with Crippen LogP contribution >= 0.6 is 0 Å². The van der Waals surface area contributed by atoms with Gasteiger partial charge in [0.05, 0.1) is 18.7 Å². The predicted octanol–water partition coefficient (Wildman–Crippen LogP) is 1.17. The molecule has 1 aliphatic rings. The molecule has 1 saturated heterocycles. The number of likely N-dealkylation sites (tertiary alicyclic amines) is 1. The number of aromatic amines is 1. The van der Waals surface area contributed by atoms with Crippen molar-refractivity contribution in [2.75, 3.05) is 25.5 Å². The number of hydrogen-bond donors (Lipinski definition) is 3. The lowest BCUT2D eigenvalue weighted by molar-refractivity contribution is 0.0506. The van der Waals surface area contributed by atoms with Crippen LogP contribution in [0.1, 0.15) is 13.3 Å². The van der Waals surface area contributed by atoms with Crippen LogP contribution in [-0.4, -0.2) is 52.3 Å². The van der Waals surface area contributed by atoms with Gasteiger partial charge in [-0.15, -0.1) is 0 Å². The Bertz CT molecular complexity index is 819. The van der Waals surface area contributed by atoms with E-state index in [0.717, 1.165) is 0 Å². The summed E-state index contributed by atoms with van der Waals surface area (Å²) in [7, 11) is 1.47. The van der Waals surface area contributed by atoms with Crippen LogP contribution in [0.25, 0.3) is 11.0 Å². The fourth-order valence-corrected chi connectivity index (χ4v) is 2.79. The first-order valence-corrected chi connectivity index (χ1v) is 7.80. The summed E-state index contributed by atoms with van der Waals surface area (Å²) in [5.41, 5.74) is 0.524. The van der Waals surface area contributed by atoms with Crippen LogP contribution in [-0.2, 0) is 0 Å². The number of anilines is 1. The van der Waals surface area contributed by atoms with Gasteiger partial charge in [0.15, 0.2) is 0 Å². The van der Waals surface area contributed by atoms with Gasteiger partial charge in [0.1, 0.15) is 11.2 Å². The number of hydrogen-bond acceptors (Lipinski definition) is 5. The van der Waals surface area contributed by atoms with Crippen LogP contribution in [0.4, 0.5) is 10.5 Å². The number of piperidine rings is 1. The minimum Gasteiger partial charge on any atom is -0.481 e. The molecule has 0 spiro atoms. The van der Waals surface area contributed by atoms with Crippen molar-refractivity contribution in [3.05, 3.63) is 28.6 Å². The van der Waals surface area contributed by atoms with Crippen molar-refractivity contribution in [3.63, 3.8) is 0 Å². The Balaban J connectivity index is 1.83. The maximum atomic E-state index is 12.5. The van der Waals surface area contributed by atoms with Crippen molar-refractivity contribution in [2.24, 2.45) is 5.92 Å². The first kappa shape index (κ1) is 16.3. The molecule has 2 aromatic rings. The number of carbonyl (C=O) groups is 1. The number of rotatable bonds is 2. The van der Waals surface area contributed by atoms with E-state index in [1.54, 1.807) is 17.0 Å². The van der Waals surface area contributed by atoms with Gasteiger partial charge in [-0.05, 0) is 18.4 Å². The molecule has 0 radical (unpaired) electrons. The molecular formula is C16H20N4O4. The van der Waals surface area contributed by atoms with E-state index < -0.39 is 6.10 Å². The van der Waals surface area contributed by atoms with Gasteiger partial charge in [-0.1, -0.05) is 6.92 Å². The number of methoxy groups -OCH3 is 1. The lowest BCUT2D eigenvalue weighted by Gasteiger charge is -2.34. The standard InChI is InChI=1S/C16H20N4O4/c1-9-8-20(6-5-12(9)21)16(23)18-11-7-17-10-3-4-13(24-2)19-14(10)15(11)22/h3-4,7,9,12,21H,5-6,8H2,1-2H3,(H,17,22)(H,18,23). The van der Waals surface area contributed by atoms with Crippen molar-refractivity contribution in [1.29, 1.82) is 0 Å². The van der Waals surface area contributed by atoms with E-state index in [1.807, 2.05) is 6.92 Å². The van der Waals surface area contributed by atoms with Gasteiger partial charge in [-0.25, -0.2) is 9.78 Å². The zero-order valence-corrected chi connectivity index (χ0v) is 13.6. The van der Waals surface area contributed by atoms with E-state index in [0.29, 0.717) is 30.9 Å². The van der Waals surface area contributed by atoms with Gasteiger partial charge in [0.25, 0.3) is 0 Å². The third-order valence-corrected chi connectivity index (χ3v) is 4.30. The molecule has 0 aromatic carbocycles. The van der Waals surface area contributed by atoms with Gasteiger partial charge in [-0.2, -0.15) is 0 Å². The van der Waals surface area contributed by atoms with Crippen LogP contribution in [0.2, 0.25) is 0 Å². The third-order valence-electron chi connectivity index (χ3n) is 4.30. The van der Waals surface area contributed by atoms with E-state index in [9.17, 15) is 14.7 Å². The number of nitrogens with zero attached hydrogens (tertiary/aromatic N) is 2. The highest BCUT2D eigenvalue weighted by molar-refractivity contribution is 5.91. The highest BCUT2D eigenvalue weighted by atomic mass is 16.5. The first-order chi connectivity index (χ1) is 11.5. The Kier molecular flexibility index (Phi) is 4.39. The second-order valence-corrected chi connectivity index (χ2v) is 5.99. The molecule has 0 bridgehead atoms. The number of pyridine rings is 2. The summed E-state index contributed by atoms with van der Waals surface area (Å²) in [5.74, 6) is 0.334. The Hall–Kier alpha value is -2.61. The normalized spacial score (nSPS) is 20.9. The number of urea groups is 1. The number of H-pyrrole nitrogens is 1. The molecule has 0 aliphatic carbocycles. The summed E-state index contributed by atoms with van der Waals surface area (Å²) >= 11 is 0. The van der Waals surface area contributed by atoms with E-state index in [-0.39, 0.29) is 28.6 Å². The lowest BCUT2D eigenvalue weighted by Crippen LogP contribution is -2.47. The quantitative estimate of drug-likeness (QED) is 0.765. The van der Waals surface area contributed by atoms with Crippen LogP contribution in [0.15, 0.2) is 23.1 Å². The minimum atomic E-state index is -0.394. The molecule has 8 nitrogen and oxygen atoms in total. The average Bonchev–Trinajstić information content (AvgIpc) is 2.59. The van der Waals surface area contributed by atoms with Crippen molar-refractivity contribution < 1.29 is 14.6 Å². The number of amides is 2. The lowest BCUT2D eigenvalue weighted by atomic mass is 9.97. The van der Waals surface area contributed by atoms with Crippen LogP contribution < -0.4 is 15.5 Å². The molecule has 1 fully saturated rings. The topological polar surface area (TPSA) is 108 Å². The van der Waals surface area contributed by atoms with Crippen molar-refractivity contribution >= 4 is 22.8 Å². The van der Waals surface area contributed by atoms with Crippen molar-refractivity contribution in [2.45, 2.75) is 19.4 Å². The van der Waals surface area contributed by atoms with E-state index in [2.05, 4.69) is 15.3 Å². The maximum absolute atomic E-state index is 12.5. The zero-order chi connectivity index (χ0) is 17.3. The van der Waals surface area contributed by atoms with Gasteiger partial charge < -0.3 is 25.0 Å². The SMILES string of the molecule is COc1ccc2[nH]cc(NC(=O)N3CCC(O)C(C)C3)c(=O)c2n1. The van der Waals surface area contributed by atoms with Crippen LogP contribution in [0.3, 0.4) is 0 Å². The Morgan fingerprint density at radius 3 is 3.00 bits per heavy atom. The van der Waals surface area contributed by atoms with E-state index in [4.69, 9.17) is 4.74 Å². The van der Waals surface area contributed by atoms with Gasteiger partial charge in [0, 0.05) is 25.4 Å². The first-order valence-electron chi connectivity index (χ1n) is 7.80. The van der Waals surface area contributed by atoms with E-state index >= 15 is 0 Å². The Labute approximate surface area is 138 Å². The molecule has 0 saturated carbocycles. The largest absolute Gasteiger partial charge is 0.481 e. The zero-order valence-electron chi connectivity index (χ0n) is 13.6. The molecule has 3 heterocycles. The summed E-state index contributed by atoms with van der Waals surface area (Å²) in [6, 6.07) is 2.99. The molecule has 1 aliphatic heterocycles. The van der Waals surface area contributed by atoms with E-state index in [1.165, 1.54) is 13.3 Å². The molecule has 2 aromatic heterocycles. The van der Waals surface area contributed by atoms with Crippen molar-refractivity contribution in [3.8, 4) is 5.88 Å². The third kappa shape index (κ3) is 3.05. The van der Waals surface area contributed by atoms with Crippen LogP contribution in [0.5, 0.6) is 5.88 Å². The second-order valence-electron chi connectivity index (χ2n) is 5.99. The fourth-order valence-electron chi connectivity index (χ4n) is 2.79. The molecule has 2 unspecified atom stereocenters. The average molecular weight is 332 g/mol. The second kappa shape index (κ2) is 6.48. The summed E-state index contributed by atoms with van der Waals surface area (Å²) < 4.78 is 5.03. The molecule has 128 valence electrons. The molecule has 3 N–H and O–H groups in total. The summed E-state index contributed by atoms with van der Waals surface area (Å²) in [6.07, 6.45) is 1.59. The molecular weight excluding hydrogens is 312 g/mol. The van der Waals surface area contributed by atoms with Crippen LogP contribution in [0, 0.1) is 5.92 Å². The molecule has 8 heteroatoms. The number of fused-ring (bicyclic) bond motifs is 1. The molecule has 2 atom stereocenters. The predicted molar refractivity (Wildman–Crippen MR) is 89.3 cm³/mol. The smallest absolute Gasteiger partial charge is 0.322 e. The van der Waals surface area contributed by atoms with Gasteiger partial charge >= 0.3 is 6.03 Å². The highest BCUT2D eigenvalue weighted by Gasteiger charge is 2.27. The number of aliphatic hydroxyl groups excluding tert-OH is 1. The maximum Gasteiger partial charge on any atom is 0.322 e. The number of carbonyl (C=O) groups excluding carboxylic acids is 1. The molecule has 24 heavy (non-hydrogen) atoms. The molecule has 3 rings (SSSR count). The molecule has 2 amide bonds. The number of aliphatic hydroxyl groups is 1. The Morgan fingerprint density at radius 2 is 2.29 bits per heavy atom. The number of nitrogens with one attached hydrogen (secondary N) is 2. The number of aromatic nitrogens is 2. The van der Waals surface area contributed by atoms with Gasteiger partial charge in [-0.3, -0.25) is 4.79 Å². The number of ether oxygens (including phenoxy) is 1. The minimum absolute atomic E-state index is 0.00492. The summed E-state index contributed by atoms with van der Waals surface area (Å²) in [6.45, 7) is 2.79. The highest BCUT2D eigenvalue weighted by Crippen LogP contribution is 2.18. The monoisotopic (exact) mass is 332 g/mol. The van der Waals surface area contributed by atoms with Crippen molar-refractivity contribution in [1.82, 2.24) is 14.9 Å². The summed E-state index contributed by atoms with van der Waals surface area (Å²) in [5, 5.41) is 12.4.